The van der Waals surface area contributed by atoms with Crippen molar-refractivity contribution in [2.45, 2.75) is 6.04 Å². The van der Waals surface area contributed by atoms with Crippen LogP contribution in [0.3, 0.4) is 0 Å². The number of aromatic nitrogens is 1. The molecule has 1 unspecified atom stereocenters. The Labute approximate surface area is 113 Å². The van der Waals surface area contributed by atoms with Gasteiger partial charge in [-0.05, 0) is 29.3 Å². The van der Waals surface area contributed by atoms with Gasteiger partial charge in [0, 0.05) is 6.20 Å². The Hall–Kier alpha value is -2.12. The summed E-state index contributed by atoms with van der Waals surface area (Å²) < 4.78 is 44.5. The lowest BCUT2D eigenvalue weighted by molar-refractivity contribution is 0.411. The van der Waals surface area contributed by atoms with Crippen LogP contribution < -0.4 is 16.0 Å². The van der Waals surface area contributed by atoms with Crippen LogP contribution in [0.25, 0.3) is 0 Å². The van der Waals surface area contributed by atoms with Crippen molar-refractivity contribution < 1.29 is 17.9 Å². The molecule has 1 heterocycles. The second-order valence-electron chi connectivity index (χ2n) is 4.06. The molecule has 0 saturated heterocycles. The molecule has 20 heavy (non-hydrogen) atoms. The van der Waals surface area contributed by atoms with E-state index < -0.39 is 23.5 Å². The summed E-state index contributed by atoms with van der Waals surface area (Å²) in [4.78, 5) is 3.93. The van der Waals surface area contributed by atoms with Crippen molar-refractivity contribution in [3.8, 4) is 5.75 Å². The molecule has 0 aliphatic heterocycles. The molecule has 1 atom stereocenters. The van der Waals surface area contributed by atoms with Crippen molar-refractivity contribution in [1.82, 2.24) is 10.4 Å². The summed E-state index contributed by atoms with van der Waals surface area (Å²) in [5.41, 5.74) is 3.07. The second-order valence-corrected chi connectivity index (χ2v) is 4.06. The molecule has 0 bridgehead atoms. The largest absolute Gasteiger partial charge is 0.495 e. The van der Waals surface area contributed by atoms with E-state index in [1.807, 2.05) is 0 Å². The van der Waals surface area contributed by atoms with Crippen LogP contribution in [0.5, 0.6) is 5.75 Å². The quantitative estimate of drug-likeness (QED) is 0.512. The Kier molecular flexibility index (Phi) is 4.21. The highest BCUT2D eigenvalue weighted by Crippen LogP contribution is 2.26. The van der Waals surface area contributed by atoms with E-state index in [1.54, 1.807) is 6.07 Å². The van der Waals surface area contributed by atoms with Gasteiger partial charge in [-0.25, -0.2) is 18.6 Å². The number of nitrogens with two attached hydrogens (primary N) is 1. The number of rotatable bonds is 4. The van der Waals surface area contributed by atoms with Crippen molar-refractivity contribution in [1.29, 1.82) is 0 Å². The zero-order chi connectivity index (χ0) is 14.7. The van der Waals surface area contributed by atoms with Gasteiger partial charge >= 0.3 is 0 Å². The third kappa shape index (κ3) is 2.73. The fraction of sp³-hybridized carbons (Fsp3) is 0.154. The number of benzene rings is 1. The predicted molar refractivity (Wildman–Crippen MR) is 66.3 cm³/mol. The molecule has 7 heteroatoms. The average Bonchev–Trinajstić information content (AvgIpc) is 2.45. The molecule has 2 rings (SSSR count). The highest BCUT2D eigenvalue weighted by Gasteiger charge is 2.18. The maximum Gasteiger partial charge on any atom is 0.194 e. The summed E-state index contributed by atoms with van der Waals surface area (Å²) in [5.74, 6) is 1.79. The standard InChI is InChI=1S/C13H12F3N3O/c1-20-9-2-8(5-18-6-9)13(19-17)7-3-10(14)12(16)11(15)4-7/h2-6,13,19H,17H2,1H3. The number of ether oxygens (including phenoxy) is 1. The van der Waals surface area contributed by atoms with Crippen molar-refractivity contribution >= 4 is 0 Å². The lowest BCUT2D eigenvalue weighted by Gasteiger charge is -2.17. The predicted octanol–water partition coefficient (Wildman–Crippen LogP) is 2.06. The monoisotopic (exact) mass is 283 g/mol. The average molecular weight is 283 g/mol. The Morgan fingerprint density at radius 3 is 2.30 bits per heavy atom. The van der Waals surface area contributed by atoms with Crippen molar-refractivity contribution in [3.63, 3.8) is 0 Å². The van der Waals surface area contributed by atoms with Crippen LogP contribution in [-0.2, 0) is 0 Å². The van der Waals surface area contributed by atoms with Crippen LogP contribution >= 0.6 is 0 Å². The summed E-state index contributed by atoms with van der Waals surface area (Å²) >= 11 is 0. The second kappa shape index (κ2) is 5.89. The van der Waals surface area contributed by atoms with Gasteiger partial charge in [-0.15, -0.1) is 0 Å². The minimum atomic E-state index is -1.52. The number of nitrogens with zero attached hydrogens (tertiary/aromatic N) is 1. The normalized spacial score (nSPS) is 12.2. The molecule has 106 valence electrons. The van der Waals surface area contributed by atoms with Crippen LogP contribution in [0, 0.1) is 17.5 Å². The van der Waals surface area contributed by atoms with E-state index in [-0.39, 0.29) is 5.56 Å². The van der Waals surface area contributed by atoms with E-state index in [2.05, 4.69) is 10.4 Å². The minimum absolute atomic E-state index is 0.138. The number of pyridine rings is 1. The molecule has 4 nitrogen and oxygen atoms in total. The first-order chi connectivity index (χ1) is 9.56. The third-order valence-corrected chi connectivity index (χ3v) is 2.81. The molecule has 0 saturated carbocycles. The van der Waals surface area contributed by atoms with Gasteiger partial charge < -0.3 is 4.74 Å². The molecule has 0 amide bonds. The van der Waals surface area contributed by atoms with E-state index >= 15 is 0 Å². The van der Waals surface area contributed by atoms with Crippen LogP contribution in [-0.4, -0.2) is 12.1 Å². The highest BCUT2D eigenvalue weighted by atomic mass is 19.2. The van der Waals surface area contributed by atoms with E-state index in [9.17, 15) is 13.2 Å². The molecule has 2 aromatic rings. The van der Waals surface area contributed by atoms with Crippen molar-refractivity contribution in [2.75, 3.05) is 7.11 Å². The molecule has 1 aromatic heterocycles. The lowest BCUT2D eigenvalue weighted by atomic mass is 10.0. The van der Waals surface area contributed by atoms with E-state index in [0.717, 1.165) is 12.1 Å². The van der Waals surface area contributed by atoms with E-state index in [1.165, 1.54) is 19.5 Å². The Bertz CT molecular complexity index is 599. The summed E-state index contributed by atoms with van der Waals surface area (Å²) in [6.45, 7) is 0. The number of nitrogens with one attached hydrogen (secondary N) is 1. The van der Waals surface area contributed by atoms with Crippen LogP contribution in [0.2, 0.25) is 0 Å². The van der Waals surface area contributed by atoms with E-state index in [0.29, 0.717) is 11.3 Å². The maximum absolute atomic E-state index is 13.3. The molecule has 0 spiro atoms. The number of halogens is 3. The molecule has 3 N–H and O–H groups in total. The smallest absolute Gasteiger partial charge is 0.194 e. The Morgan fingerprint density at radius 1 is 1.10 bits per heavy atom. The van der Waals surface area contributed by atoms with Crippen LogP contribution in [0.1, 0.15) is 17.2 Å². The Morgan fingerprint density at radius 2 is 1.75 bits per heavy atom. The lowest BCUT2D eigenvalue weighted by Crippen LogP contribution is -2.29. The topological polar surface area (TPSA) is 60.2 Å². The highest BCUT2D eigenvalue weighted by molar-refractivity contribution is 5.34. The van der Waals surface area contributed by atoms with Gasteiger partial charge in [0.25, 0.3) is 0 Å². The van der Waals surface area contributed by atoms with Gasteiger partial charge in [0.2, 0.25) is 0 Å². The van der Waals surface area contributed by atoms with Gasteiger partial charge in [0.15, 0.2) is 17.5 Å². The SMILES string of the molecule is COc1cncc(C(NN)c2cc(F)c(F)c(F)c2)c1. The maximum atomic E-state index is 13.3. The van der Waals surface area contributed by atoms with Crippen molar-refractivity contribution in [3.05, 3.63) is 59.2 Å². The zero-order valence-electron chi connectivity index (χ0n) is 10.5. The minimum Gasteiger partial charge on any atom is -0.495 e. The summed E-state index contributed by atoms with van der Waals surface area (Å²) in [6.07, 6.45) is 2.94. The first-order valence-corrected chi connectivity index (χ1v) is 5.66. The molecule has 0 fully saturated rings. The molecular weight excluding hydrogens is 271 g/mol. The summed E-state index contributed by atoms with van der Waals surface area (Å²) in [5, 5.41) is 0. The summed E-state index contributed by atoms with van der Waals surface area (Å²) in [6, 6.07) is 2.61. The third-order valence-electron chi connectivity index (χ3n) is 2.81. The number of hydrogen-bond donors (Lipinski definition) is 2. The van der Waals surface area contributed by atoms with Gasteiger partial charge in [-0.3, -0.25) is 10.8 Å². The molecule has 0 aliphatic carbocycles. The Balaban J connectivity index is 2.46. The van der Waals surface area contributed by atoms with Crippen LogP contribution in [0.15, 0.2) is 30.6 Å². The fourth-order valence-electron chi connectivity index (χ4n) is 1.83. The first kappa shape index (κ1) is 14.3. The molecule has 0 radical (unpaired) electrons. The molecular formula is C13H12F3N3O. The fourth-order valence-corrected chi connectivity index (χ4v) is 1.83. The van der Waals surface area contributed by atoms with E-state index in [4.69, 9.17) is 10.6 Å². The van der Waals surface area contributed by atoms with Gasteiger partial charge in [0.05, 0.1) is 19.3 Å². The molecule has 0 aliphatic rings. The van der Waals surface area contributed by atoms with Gasteiger partial charge in [0.1, 0.15) is 5.75 Å². The van der Waals surface area contributed by atoms with Crippen molar-refractivity contribution in [2.24, 2.45) is 5.84 Å². The number of hydrogen-bond acceptors (Lipinski definition) is 4. The number of methoxy groups -OCH3 is 1. The van der Waals surface area contributed by atoms with Crippen LogP contribution in [0.4, 0.5) is 13.2 Å². The zero-order valence-corrected chi connectivity index (χ0v) is 10.5. The van der Waals surface area contributed by atoms with Gasteiger partial charge in [-0.1, -0.05) is 0 Å². The summed E-state index contributed by atoms with van der Waals surface area (Å²) in [7, 11) is 1.46. The number of hydrazine groups is 1. The van der Waals surface area contributed by atoms with Gasteiger partial charge in [-0.2, -0.15) is 0 Å². The molecule has 1 aromatic carbocycles. The first-order valence-electron chi connectivity index (χ1n) is 5.66.